The number of aliphatic hydroxyl groups excluding tert-OH is 1. The number of benzene rings is 2. The molecule has 0 aliphatic carbocycles. The van der Waals surface area contributed by atoms with E-state index in [-0.39, 0.29) is 12.4 Å². The Balaban J connectivity index is 1.93. The molecule has 1 heterocycles. The van der Waals surface area contributed by atoms with E-state index in [0.717, 1.165) is 0 Å². The predicted molar refractivity (Wildman–Crippen MR) is 103 cm³/mol. The molecule has 4 N–H and O–H groups in total. The van der Waals surface area contributed by atoms with Gasteiger partial charge in [-0.25, -0.2) is 9.37 Å². The molecule has 0 amide bonds. The predicted octanol–water partition coefficient (Wildman–Crippen LogP) is 2.52. The van der Waals surface area contributed by atoms with Gasteiger partial charge in [0.05, 0.1) is 42.1 Å². The minimum atomic E-state index is -1.54. The monoisotopic (exact) mass is 386 g/mol. The smallest absolute Gasteiger partial charge is 0.181 e. The van der Waals surface area contributed by atoms with Gasteiger partial charge in [-0.3, -0.25) is 4.98 Å². The summed E-state index contributed by atoms with van der Waals surface area (Å²) in [5.41, 5.74) is 7.42. The number of hydrogen-bond donors (Lipinski definition) is 3. The van der Waals surface area contributed by atoms with Crippen molar-refractivity contribution in [1.82, 2.24) is 14.7 Å². The maximum atomic E-state index is 14.7. The fraction of sp³-hybridized carbons (Fsp3) is 0.158. The van der Waals surface area contributed by atoms with Crippen LogP contribution in [0.2, 0.25) is 0 Å². The van der Waals surface area contributed by atoms with Gasteiger partial charge in [0.1, 0.15) is 11.6 Å². The van der Waals surface area contributed by atoms with Crippen molar-refractivity contribution in [3.8, 4) is 22.4 Å². The first-order valence-corrected chi connectivity index (χ1v) is 9.41. The molecule has 0 bridgehead atoms. The summed E-state index contributed by atoms with van der Waals surface area (Å²) in [5, 5.41) is 9.36. The third-order valence-corrected chi connectivity index (χ3v) is 5.01. The van der Waals surface area contributed by atoms with E-state index in [2.05, 4.69) is 14.7 Å². The number of nitrogens with two attached hydrogens (primary N) is 1. The molecular weight excluding hydrogens is 367 g/mol. The second kappa shape index (κ2) is 8.45. The number of nitrogen functional groups attached to an aromatic ring is 1. The van der Waals surface area contributed by atoms with E-state index >= 15 is 0 Å². The van der Waals surface area contributed by atoms with Crippen LogP contribution in [0.5, 0.6) is 0 Å². The highest BCUT2D eigenvalue weighted by Crippen LogP contribution is 2.30. The first-order valence-electron chi connectivity index (χ1n) is 8.26. The SMILES string of the molecule is C[C@@H](O)CN[S+]([O-])c1ccccc1-c1ccc(-c2cnc(N)cn2)c(F)c1. The van der Waals surface area contributed by atoms with Gasteiger partial charge in [-0.15, -0.1) is 4.72 Å². The fourth-order valence-corrected chi connectivity index (χ4v) is 3.64. The molecule has 0 aliphatic rings. The van der Waals surface area contributed by atoms with Crippen molar-refractivity contribution in [1.29, 1.82) is 0 Å². The largest absolute Gasteiger partial charge is 0.593 e. The molecule has 27 heavy (non-hydrogen) atoms. The molecule has 1 unspecified atom stereocenters. The molecule has 0 saturated heterocycles. The molecule has 6 nitrogen and oxygen atoms in total. The Morgan fingerprint density at radius 1 is 1.19 bits per heavy atom. The van der Waals surface area contributed by atoms with Gasteiger partial charge < -0.3 is 15.4 Å². The van der Waals surface area contributed by atoms with Crippen LogP contribution in [0.1, 0.15) is 6.92 Å². The van der Waals surface area contributed by atoms with Crippen LogP contribution in [-0.2, 0) is 11.4 Å². The fourth-order valence-electron chi connectivity index (χ4n) is 2.51. The van der Waals surface area contributed by atoms with Gasteiger partial charge in [0, 0.05) is 11.1 Å². The summed E-state index contributed by atoms with van der Waals surface area (Å²) in [6.07, 6.45) is 2.16. The van der Waals surface area contributed by atoms with Crippen molar-refractivity contribution in [2.75, 3.05) is 12.3 Å². The number of nitrogens with zero attached hydrogens (tertiary/aromatic N) is 2. The number of rotatable bonds is 6. The van der Waals surface area contributed by atoms with Gasteiger partial charge in [0.25, 0.3) is 0 Å². The molecule has 0 aliphatic heterocycles. The maximum absolute atomic E-state index is 14.7. The van der Waals surface area contributed by atoms with E-state index in [0.29, 0.717) is 27.3 Å². The normalized spacial score (nSPS) is 13.3. The lowest BCUT2D eigenvalue weighted by molar-refractivity contribution is 0.198. The quantitative estimate of drug-likeness (QED) is 0.562. The number of nitrogens with one attached hydrogen (secondary N) is 1. The first kappa shape index (κ1) is 19.2. The van der Waals surface area contributed by atoms with E-state index in [1.807, 2.05) is 0 Å². The van der Waals surface area contributed by atoms with Gasteiger partial charge in [-0.05, 0) is 36.8 Å². The van der Waals surface area contributed by atoms with Crippen LogP contribution in [0.4, 0.5) is 10.2 Å². The van der Waals surface area contributed by atoms with Gasteiger partial charge >= 0.3 is 0 Å². The van der Waals surface area contributed by atoms with Crippen LogP contribution < -0.4 is 10.5 Å². The lowest BCUT2D eigenvalue weighted by atomic mass is 10.0. The summed E-state index contributed by atoms with van der Waals surface area (Å²) in [7, 11) is 0. The van der Waals surface area contributed by atoms with Gasteiger partial charge in [-0.1, -0.05) is 18.2 Å². The third kappa shape index (κ3) is 4.61. The molecule has 1 aromatic heterocycles. The Bertz CT molecular complexity index is 922. The summed E-state index contributed by atoms with van der Waals surface area (Å²) in [4.78, 5) is 8.53. The van der Waals surface area contributed by atoms with Crippen LogP contribution in [0.3, 0.4) is 0 Å². The Kier molecular flexibility index (Phi) is 6.02. The van der Waals surface area contributed by atoms with E-state index in [9.17, 15) is 14.0 Å². The van der Waals surface area contributed by atoms with Crippen LogP contribution in [0.25, 0.3) is 22.4 Å². The highest BCUT2D eigenvalue weighted by molar-refractivity contribution is 7.89. The molecule has 2 aromatic carbocycles. The Morgan fingerprint density at radius 2 is 1.96 bits per heavy atom. The lowest BCUT2D eigenvalue weighted by Crippen LogP contribution is -2.31. The molecule has 0 radical (unpaired) electrons. The van der Waals surface area contributed by atoms with Crippen molar-refractivity contribution >= 4 is 17.2 Å². The van der Waals surface area contributed by atoms with E-state index in [1.165, 1.54) is 18.5 Å². The Hall–Kier alpha value is -2.52. The van der Waals surface area contributed by atoms with E-state index < -0.39 is 23.3 Å². The third-order valence-electron chi connectivity index (χ3n) is 3.82. The number of hydrogen-bond acceptors (Lipinski definition) is 6. The van der Waals surface area contributed by atoms with Gasteiger partial charge in [0.2, 0.25) is 0 Å². The summed E-state index contributed by atoms with van der Waals surface area (Å²) >= 11 is -1.54. The molecule has 140 valence electrons. The van der Waals surface area contributed by atoms with E-state index in [1.54, 1.807) is 43.3 Å². The summed E-state index contributed by atoms with van der Waals surface area (Å²) in [6.45, 7) is 1.79. The van der Waals surface area contributed by atoms with Gasteiger partial charge in [0.15, 0.2) is 4.90 Å². The Morgan fingerprint density at radius 3 is 2.63 bits per heavy atom. The molecule has 8 heteroatoms. The second-order valence-electron chi connectivity index (χ2n) is 5.98. The zero-order valence-electron chi connectivity index (χ0n) is 14.6. The zero-order valence-corrected chi connectivity index (χ0v) is 15.4. The van der Waals surface area contributed by atoms with Crippen LogP contribution >= 0.6 is 0 Å². The molecule has 2 atom stereocenters. The van der Waals surface area contributed by atoms with Crippen LogP contribution in [-0.4, -0.2) is 32.3 Å². The van der Waals surface area contributed by atoms with Crippen LogP contribution in [0, 0.1) is 5.82 Å². The lowest BCUT2D eigenvalue weighted by Gasteiger charge is -2.15. The van der Waals surface area contributed by atoms with Crippen molar-refractivity contribution in [2.24, 2.45) is 0 Å². The average Bonchev–Trinajstić information content (AvgIpc) is 2.67. The number of aliphatic hydroxyl groups is 1. The minimum absolute atomic E-state index is 0.185. The summed E-state index contributed by atoms with van der Waals surface area (Å²) in [5.74, 6) is -0.207. The molecule has 0 spiro atoms. The van der Waals surface area contributed by atoms with Crippen molar-refractivity contribution < 1.29 is 14.0 Å². The van der Waals surface area contributed by atoms with Crippen molar-refractivity contribution in [2.45, 2.75) is 17.9 Å². The topological polar surface area (TPSA) is 107 Å². The van der Waals surface area contributed by atoms with Crippen molar-refractivity contribution in [3.05, 3.63) is 60.7 Å². The molecule has 0 fully saturated rings. The number of aromatic nitrogens is 2. The maximum Gasteiger partial charge on any atom is 0.181 e. The highest BCUT2D eigenvalue weighted by Gasteiger charge is 2.19. The molecule has 0 saturated carbocycles. The van der Waals surface area contributed by atoms with E-state index in [4.69, 9.17) is 5.73 Å². The van der Waals surface area contributed by atoms with Gasteiger partial charge in [-0.2, -0.15) is 0 Å². The second-order valence-corrected chi connectivity index (χ2v) is 7.25. The first-order chi connectivity index (χ1) is 13.0. The molecule has 3 aromatic rings. The number of halogens is 1. The standard InChI is InChI=1S/C19H19FN4O2S/c1-12(25)9-24-27(26)18-5-3-2-4-14(18)13-6-7-15(16(20)8-13)17-10-23-19(21)11-22-17/h2-8,10-12,24-25H,9H2,1H3,(H2,21,23)/t12-,27?/m1/s1. The Labute approximate surface area is 159 Å². The number of anilines is 1. The highest BCUT2D eigenvalue weighted by atomic mass is 32.2. The van der Waals surface area contributed by atoms with Crippen LogP contribution in [0.15, 0.2) is 59.8 Å². The molecule has 3 rings (SSSR count). The molecular formula is C19H19FN4O2S. The summed E-state index contributed by atoms with van der Waals surface area (Å²) in [6, 6.07) is 11.7. The van der Waals surface area contributed by atoms with Crippen molar-refractivity contribution in [3.63, 3.8) is 0 Å². The minimum Gasteiger partial charge on any atom is -0.593 e. The summed E-state index contributed by atoms with van der Waals surface area (Å²) < 4.78 is 30.0. The zero-order chi connectivity index (χ0) is 19.4. The average molecular weight is 386 g/mol.